The zero-order valence-corrected chi connectivity index (χ0v) is 23.4. The third kappa shape index (κ3) is 4.79. The molecule has 0 N–H and O–H groups in total. The summed E-state index contributed by atoms with van der Waals surface area (Å²) in [5.74, 6) is 1.31. The maximum Gasteiger partial charge on any atom is 0.338 e. The topological polar surface area (TPSA) is 88.4 Å². The highest BCUT2D eigenvalue weighted by atomic mass is 127. The first-order valence-electron chi connectivity index (χ1n) is 11.1. The fourth-order valence-electron chi connectivity index (χ4n) is 4.09. The molecule has 1 aliphatic rings. The number of carbonyl (C=O) groups excluding carboxylic acids is 1. The van der Waals surface area contributed by atoms with E-state index < -0.39 is 12.0 Å². The molecule has 10 heteroatoms. The molecular formula is C26H25IN2O6S. The molecule has 0 saturated heterocycles. The third-order valence-corrected chi connectivity index (χ3v) is 7.46. The van der Waals surface area contributed by atoms with Gasteiger partial charge in [-0.15, -0.1) is 0 Å². The molecule has 188 valence electrons. The molecule has 36 heavy (non-hydrogen) atoms. The number of methoxy groups -OCH3 is 3. The fraction of sp³-hybridized carbons (Fsp3) is 0.269. The predicted octanol–water partition coefficient (Wildman–Crippen LogP) is 3.43. The monoisotopic (exact) mass is 620 g/mol. The van der Waals surface area contributed by atoms with Crippen molar-refractivity contribution in [3.8, 4) is 17.2 Å². The van der Waals surface area contributed by atoms with Crippen molar-refractivity contribution in [3.05, 3.63) is 82.1 Å². The van der Waals surface area contributed by atoms with E-state index in [9.17, 15) is 9.59 Å². The number of hydrogen-bond acceptors (Lipinski definition) is 8. The van der Waals surface area contributed by atoms with Gasteiger partial charge in [-0.05, 0) is 77.9 Å². The van der Waals surface area contributed by atoms with Gasteiger partial charge in [0.15, 0.2) is 16.3 Å². The Kier molecular flexibility index (Phi) is 7.84. The Bertz CT molecular complexity index is 1540. The van der Waals surface area contributed by atoms with Gasteiger partial charge in [0, 0.05) is 0 Å². The number of hydrogen-bond donors (Lipinski definition) is 0. The SMILES string of the molecule is CCOC(=O)C1=C(C)N=c2s/c(=C\c3cc(I)c(OC)c(OC)c3)c(=O)n2[C@@H]1c1cccc(OC)c1. The Morgan fingerprint density at radius 2 is 1.94 bits per heavy atom. The van der Waals surface area contributed by atoms with E-state index in [0.29, 0.717) is 37.9 Å². The molecule has 0 unspecified atom stereocenters. The van der Waals surface area contributed by atoms with Crippen LogP contribution in [0.1, 0.15) is 31.0 Å². The summed E-state index contributed by atoms with van der Waals surface area (Å²) >= 11 is 3.43. The molecule has 0 saturated carbocycles. The second-order valence-electron chi connectivity index (χ2n) is 7.82. The van der Waals surface area contributed by atoms with Gasteiger partial charge in [0.05, 0.1) is 53.4 Å². The Balaban J connectivity index is 1.95. The molecule has 1 aliphatic heterocycles. The molecule has 1 aromatic heterocycles. The summed E-state index contributed by atoms with van der Waals surface area (Å²) in [7, 11) is 4.72. The number of rotatable bonds is 7. The van der Waals surface area contributed by atoms with E-state index in [4.69, 9.17) is 18.9 Å². The smallest absolute Gasteiger partial charge is 0.338 e. The van der Waals surface area contributed by atoms with Crippen LogP contribution in [0.5, 0.6) is 17.2 Å². The second kappa shape index (κ2) is 10.9. The summed E-state index contributed by atoms with van der Waals surface area (Å²) in [5.41, 5.74) is 2.08. The summed E-state index contributed by atoms with van der Waals surface area (Å²) in [6, 6.07) is 10.3. The molecule has 0 spiro atoms. The van der Waals surface area contributed by atoms with E-state index in [1.807, 2.05) is 36.4 Å². The lowest BCUT2D eigenvalue weighted by atomic mass is 9.95. The lowest BCUT2D eigenvalue weighted by molar-refractivity contribution is -0.139. The predicted molar refractivity (Wildman–Crippen MR) is 146 cm³/mol. The first-order chi connectivity index (χ1) is 17.3. The highest BCUT2D eigenvalue weighted by Gasteiger charge is 2.33. The molecule has 0 fully saturated rings. The van der Waals surface area contributed by atoms with E-state index in [1.165, 1.54) is 11.3 Å². The highest BCUT2D eigenvalue weighted by molar-refractivity contribution is 14.1. The van der Waals surface area contributed by atoms with E-state index in [1.54, 1.807) is 45.8 Å². The van der Waals surface area contributed by atoms with Gasteiger partial charge in [0.2, 0.25) is 0 Å². The largest absolute Gasteiger partial charge is 0.497 e. The van der Waals surface area contributed by atoms with Crippen molar-refractivity contribution < 1.29 is 23.7 Å². The van der Waals surface area contributed by atoms with Crippen molar-refractivity contribution in [1.82, 2.24) is 4.57 Å². The molecule has 3 aromatic rings. The van der Waals surface area contributed by atoms with Gasteiger partial charge in [0.1, 0.15) is 5.75 Å². The van der Waals surface area contributed by atoms with Gasteiger partial charge >= 0.3 is 5.97 Å². The number of ether oxygens (including phenoxy) is 4. The van der Waals surface area contributed by atoms with Crippen molar-refractivity contribution in [2.24, 2.45) is 4.99 Å². The first kappa shape index (κ1) is 26.0. The minimum atomic E-state index is -0.705. The standard InChI is InChI=1S/C26H25IN2O6S/c1-6-35-25(31)21-14(2)28-26-29(22(21)16-8-7-9-17(13-16)32-3)24(30)20(36-26)12-15-10-18(27)23(34-5)19(11-15)33-4/h7-13,22H,6H2,1-5H3/b20-12-/t22-/m1/s1. The number of nitrogens with zero attached hydrogens (tertiary/aromatic N) is 2. The number of fused-ring (bicyclic) bond motifs is 1. The van der Waals surface area contributed by atoms with Crippen molar-refractivity contribution in [1.29, 1.82) is 0 Å². The summed E-state index contributed by atoms with van der Waals surface area (Å²) < 4.78 is 24.5. The molecule has 2 aromatic carbocycles. The minimum Gasteiger partial charge on any atom is -0.497 e. The van der Waals surface area contributed by atoms with Crippen LogP contribution in [0.3, 0.4) is 0 Å². The lowest BCUT2D eigenvalue weighted by Crippen LogP contribution is -2.39. The maximum atomic E-state index is 13.8. The third-order valence-electron chi connectivity index (χ3n) is 5.68. The van der Waals surface area contributed by atoms with Gasteiger partial charge < -0.3 is 18.9 Å². The van der Waals surface area contributed by atoms with Crippen LogP contribution in [0.4, 0.5) is 0 Å². The number of aromatic nitrogens is 1. The number of halogens is 1. The average Bonchev–Trinajstić information content (AvgIpc) is 3.16. The number of benzene rings is 2. The van der Waals surface area contributed by atoms with Crippen LogP contribution in [-0.4, -0.2) is 38.5 Å². The molecule has 4 rings (SSSR count). The number of thiazole rings is 1. The minimum absolute atomic E-state index is 0.211. The fourth-order valence-corrected chi connectivity index (χ4v) is 5.98. The van der Waals surface area contributed by atoms with Crippen molar-refractivity contribution in [3.63, 3.8) is 0 Å². The van der Waals surface area contributed by atoms with Crippen LogP contribution >= 0.6 is 33.9 Å². The molecular weight excluding hydrogens is 595 g/mol. The Hall–Kier alpha value is -3.12. The quantitative estimate of drug-likeness (QED) is 0.297. The summed E-state index contributed by atoms with van der Waals surface area (Å²) in [4.78, 5) is 31.9. The van der Waals surface area contributed by atoms with Crippen LogP contribution in [0, 0.1) is 3.57 Å². The summed E-state index contributed by atoms with van der Waals surface area (Å²) in [6.45, 7) is 3.71. The van der Waals surface area contributed by atoms with Crippen molar-refractivity contribution >= 4 is 46.0 Å². The zero-order chi connectivity index (χ0) is 26.0. The zero-order valence-electron chi connectivity index (χ0n) is 20.5. The number of carbonyl (C=O) groups is 1. The lowest BCUT2D eigenvalue weighted by Gasteiger charge is -2.25. The average molecular weight is 620 g/mol. The number of esters is 1. The first-order valence-corrected chi connectivity index (χ1v) is 13.0. The van der Waals surface area contributed by atoms with Crippen molar-refractivity contribution in [2.45, 2.75) is 19.9 Å². The Morgan fingerprint density at radius 3 is 2.61 bits per heavy atom. The molecule has 0 aliphatic carbocycles. The molecule has 0 bridgehead atoms. The van der Waals surface area contributed by atoms with E-state index in [0.717, 1.165) is 14.7 Å². The van der Waals surface area contributed by atoms with Gasteiger partial charge in [-0.1, -0.05) is 23.5 Å². The molecule has 8 nitrogen and oxygen atoms in total. The molecule has 0 amide bonds. The van der Waals surface area contributed by atoms with Gasteiger partial charge in [0.25, 0.3) is 5.56 Å². The Labute approximate surface area is 225 Å². The van der Waals surface area contributed by atoms with E-state index >= 15 is 0 Å². The normalized spacial score (nSPS) is 15.3. The van der Waals surface area contributed by atoms with Gasteiger partial charge in [-0.2, -0.15) is 0 Å². The summed E-state index contributed by atoms with van der Waals surface area (Å²) in [5, 5.41) is 0. The number of allylic oxidation sites excluding steroid dienone is 1. The highest BCUT2D eigenvalue weighted by Crippen LogP contribution is 2.34. The molecule has 0 radical (unpaired) electrons. The van der Waals surface area contributed by atoms with Gasteiger partial charge in [-0.25, -0.2) is 9.79 Å². The van der Waals surface area contributed by atoms with Crippen LogP contribution in [0.25, 0.3) is 6.08 Å². The Morgan fingerprint density at radius 1 is 1.17 bits per heavy atom. The molecule has 1 atom stereocenters. The van der Waals surface area contributed by atoms with Crippen LogP contribution in [0.2, 0.25) is 0 Å². The maximum absolute atomic E-state index is 13.8. The van der Waals surface area contributed by atoms with Crippen LogP contribution in [-0.2, 0) is 9.53 Å². The van der Waals surface area contributed by atoms with E-state index in [-0.39, 0.29) is 12.2 Å². The molecule has 2 heterocycles. The van der Waals surface area contributed by atoms with Gasteiger partial charge in [-0.3, -0.25) is 9.36 Å². The summed E-state index contributed by atoms with van der Waals surface area (Å²) in [6.07, 6.45) is 1.79. The van der Waals surface area contributed by atoms with Crippen LogP contribution < -0.4 is 29.1 Å². The second-order valence-corrected chi connectivity index (χ2v) is 9.99. The van der Waals surface area contributed by atoms with Crippen molar-refractivity contribution in [2.75, 3.05) is 27.9 Å². The van der Waals surface area contributed by atoms with E-state index in [2.05, 4.69) is 27.6 Å². The van der Waals surface area contributed by atoms with Crippen LogP contribution in [0.15, 0.2) is 57.5 Å².